The standard InChI is InChI=1S/C15H24N2O/c1-3-12(2)14-6-4-13(5-7-14)9-11-17-15(18)8-10-16/h4-7,12H,3,8-11,16H2,1-2H3,(H,17,18). The topological polar surface area (TPSA) is 55.1 Å². The van der Waals surface area contributed by atoms with E-state index in [2.05, 4.69) is 43.4 Å². The molecule has 0 aliphatic carbocycles. The van der Waals surface area contributed by atoms with Crippen molar-refractivity contribution in [1.82, 2.24) is 5.32 Å². The van der Waals surface area contributed by atoms with E-state index in [9.17, 15) is 4.79 Å². The van der Waals surface area contributed by atoms with Gasteiger partial charge in [0.15, 0.2) is 0 Å². The zero-order chi connectivity index (χ0) is 13.4. The number of carbonyl (C=O) groups excluding carboxylic acids is 1. The van der Waals surface area contributed by atoms with Crippen LogP contribution in [-0.4, -0.2) is 19.0 Å². The highest BCUT2D eigenvalue weighted by Crippen LogP contribution is 2.18. The van der Waals surface area contributed by atoms with Gasteiger partial charge >= 0.3 is 0 Å². The van der Waals surface area contributed by atoms with Crippen molar-refractivity contribution in [2.45, 2.75) is 39.0 Å². The summed E-state index contributed by atoms with van der Waals surface area (Å²) >= 11 is 0. The SMILES string of the molecule is CCC(C)c1ccc(CCNC(=O)CCN)cc1. The lowest BCUT2D eigenvalue weighted by Crippen LogP contribution is -2.27. The summed E-state index contributed by atoms with van der Waals surface area (Å²) in [6.07, 6.45) is 2.44. The van der Waals surface area contributed by atoms with Crippen molar-refractivity contribution in [1.29, 1.82) is 0 Å². The first-order chi connectivity index (χ1) is 8.67. The number of benzene rings is 1. The van der Waals surface area contributed by atoms with Gasteiger partial charge in [0.1, 0.15) is 0 Å². The van der Waals surface area contributed by atoms with Crippen LogP contribution in [0.2, 0.25) is 0 Å². The lowest BCUT2D eigenvalue weighted by Gasteiger charge is -2.10. The number of nitrogens with one attached hydrogen (secondary N) is 1. The van der Waals surface area contributed by atoms with Gasteiger partial charge in [0.05, 0.1) is 0 Å². The Morgan fingerprint density at radius 1 is 1.33 bits per heavy atom. The van der Waals surface area contributed by atoms with Crippen LogP contribution in [0.1, 0.15) is 43.7 Å². The molecular weight excluding hydrogens is 224 g/mol. The molecule has 0 fully saturated rings. The molecule has 0 radical (unpaired) electrons. The van der Waals surface area contributed by atoms with E-state index in [0.29, 0.717) is 25.4 Å². The zero-order valence-electron chi connectivity index (χ0n) is 11.4. The maximum absolute atomic E-state index is 11.2. The molecule has 0 heterocycles. The third kappa shape index (κ3) is 4.88. The summed E-state index contributed by atoms with van der Waals surface area (Å²) in [5.41, 5.74) is 7.95. The molecule has 0 aliphatic rings. The van der Waals surface area contributed by atoms with Crippen molar-refractivity contribution in [3.8, 4) is 0 Å². The summed E-state index contributed by atoms with van der Waals surface area (Å²) in [5, 5.41) is 2.86. The van der Waals surface area contributed by atoms with Crippen molar-refractivity contribution in [3.05, 3.63) is 35.4 Å². The van der Waals surface area contributed by atoms with Gasteiger partial charge in [-0.05, 0) is 29.9 Å². The van der Waals surface area contributed by atoms with E-state index >= 15 is 0 Å². The van der Waals surface area contributed by atoms with Gasteiger partial charge in [0.2, 0.25) is 5.91 Å². The van der Waals surface area contributed by atoms with Crippen molar-refractivity contribution in [2.75, 3.05) is 13.1 Å². The van der Waals surface area contributed by atoms with Gasteiger partial charge < -0.3 is 11.1 Å². The summed E-state index contributed by atoms with van der Waals surface area (Å²) in [5.74, 6) is 0.650. The lowest BCUT2D eigenvalue weighted by molar-refractivity contribution is -0.120. The quantitative estimate of drug-likeness (QED) is 0.777. The fourth-order valence-corrected chi connectivity index (χ4v) is 1.81. The van der Waals surface area contributed by atoms with Crippen LogP contribution >= 0.6 is 0 Å². The van der Waals surface area contributed by atoms with Crippen LogP contribution in [0.25, 0.3) is 0 Å². The lowest BCUT2D eigenvalue weighted by atomic mass is 9.97. The smallest absolute Gasteiger partial charge is 0.221 e. The molecule has 0 spiro atoms. The van der Waals surface area contributed by atoms with Crippen molar-refractivity contribution < 1.29 is 4.79 Å². The van der Waals surface area contributed by atoms with Gasteiger partial charge in [0.25, 0.3) is 0 Å². The van der Waals surface area contributed by atoms with Crippen LogP contribution in [0.15, 0.2) is 24.3 Å². The van der Waals surface area contributed by atoms with E-state index < -0.39 is 0 Å². The van der Waals surface area contributed by atoms with E-state index in [1.54, 1.807) is 0 Å². The number of nitrogens with two attached hydrogens (primary N) is 1. The van der Waals surface area contributed by atoms with E-state index in [4.69, 9.17) is 5.73 Å². The number of hydrogen-bond donors (Lipinski definition) is 2. The Kier molecular flexibility index (Phi) is 6.44. The number of carbonyl (C=O) groups is 1. The number of amides is 1. The van der Waals surface area contributed by atoms with Crippen molar-refractivity contribution in [3.63, 3.8) is 0 Å². The molecule has 18 heavy (non-hydrogen) atoms. The number of hydrogen-bond acceptors (Lipinski definition) is 2. The third-order valence-electron chi connectivity index (χ3n) is 3.27. The second-order valence-electron chi connectivity index (χ2n) is 4.69. The molecule has 0 saturated carbocycles. The Morgan fingerprint density at radius 3 is 2.56 bits per heavy atom. The highest BCUT2D eigenvalue weighted by molar-refractivity contribution is 5.75. The van der Waals surface area contributed by atoms with Crippen molar-refractivity contribution in [2.24, 2.45) is 5.73 Å². The van der Waals surface area contributed by atoms with E-state index in [-0.39, 0.29) is 5.91 Å². The maximum Gasteiger partial charge on any atom is 0.221 e. The molecule has 1 rings (SSSR count). The van der Waals surface area contributed by atoms with Crippen LogP contribution in [0.4, 0.5) is 0 Å². The van der Waals surface area contributed by atoms with Crippen LogP contribution < -0.4 is 11.1 Å². The highest BCUT2D eigenvalue weighted by Gasteiger charge is 2.03. The fraction of sp³-hybridized carbons (Fsp3) is 0.533. The van der Waals surface area contributed by atoms with Crippen molar-refractivity contribution >= 4 is 5.91 Å². The highest BCUT2D eigenvalue weighted by atomic mass is 16.1. The van der Waals surface area contributed by atoms with Gasteiger partial charge in [-0.2, -0.15) is 0 Å². The Balaban J connectivity index is 2.37. The molecule has 3 N–H and O–H groups in total. The van der Waals surface area contributed by atoms with Gasteiger partial charge in [-0.15, -0.1) is 0 Å². The largest absolute Gasteiger partial charge is 0.356 e. The summed E-state index contributed by atoms with van der Waals surface area (Å²) in [7, 11) is 0. The molecule has 0 aliphatic heterocycles. The van der Waals surface area contributed by atoms with Crippen LogP contribution in [0.3, 0.4) is 0 Å². The summed E-state index contributed by atoms with van der Waals surface area (Å²) in [4.78, 5) is 11.2. The minimum Gasteiger partial charge on any atom is -0.356 e. The van der Waals surface area contributed by atoms with Gasteiger partial charge in [0, 0.05) is 19.5 Å². The molecule has 0 bridgehead atoms. The Morgan fingerprint density at radius 2 is 2.00 bits per heavy atom. The van der Waals surface area contributed by atoms with E-state index in [1.807, 2.05) is 0 Å². The van der Waals surface area contributed by atoms with Gasteiger partial charge in [-0.25, -0.2) is 0 Å². The summed E-state index contributed by atoms with van der Waals surface area (Å²) in [6.45, 7) is 5.53. The third-order valence-corrected chi connectivity index (χ3v) is 3.27. The van der Waals surface area contributed by atoms with Crippen LogP contribution in [-0.2, 0) is 11.2 Å². The maximum atomic E-state index is 11.2. The first kappa shape index (κ1) is 14.7. The molecule has 3 nitrogen and oxygen atoms in total. The molecule has 3 heteroatoms. The number of rotatable bonds is 7. The first-order valence-electron chi connectivity index (χ1n) is 6.73. The van der Waals surface area contributed by atoms with Gasteiger partial charge in [-0.1, -0.05) is 38.1 Å². The minimum atomic E-state index is 0.0359. The predicted molar refractivity (Wildman–Crippen MR) is 75.5 cm³/mol. The van der Waals surface area contributed by atoms with E-state index in [1.165, 1.54) is 11.1 Å². The Labute approximate surface area is 110 Å². The average Bonchev–Trinajstić information content (AvgIpc) is 2.39. The molecule has 1 atom stereocenters. The Hall–Kier alpha value is -1.35. The molecule has 1 amide bonds. The van der Waals surface area contributed by atoms with Gasteiger partial charge in [-0.3, -0.25) is 4.79 Å². The molecule has 1 aromatic rings. The second-order valence-corrected chi connectivity index (χ2v) is 4.69. The molecule has 1 unspecified atom stereocenters. The molecular formula is C15H24N2O. The Bertz CT molecular complexity index is 359. The predicted octanol–water partition coefficient (Wildman–Crippen LogP) is 2.21. The second kappa shape index (κ2) is 7.88. The fourth-order valence-electron chi connectivity index (χ4n) is 1.81. The summed E-state index contributed by atoms with van der Waals surface area (Å²) < 4.78 is 0. The molecule has 0 aromatic heterocycles. The molecule has 100 valence electrons. The average molecular weight is 248 g/mol. The van der Waals surface area contributed by atoms with E-state index in [0.717, 1.165) is 12.8 Å². The first-order valence-corrected chi connectivity index (χ1v) is 6.73. The van der Waals surface area contributed by atoms with Crippen LogP contribution in [0, 0.1) is 0 Å². The molecule has 0 saturated heterocycles. The van der Waals surface area contributed by atoms with Crippen LogP contribution in [0.5, 0.6) is 0 Å². The zero-order valence-corrected chi connectivity index (χ0v) is 11.4. The normalized spacial score (nSPS) is 12.2. The monoisotopic (exact) mass is 248 g/mol. The summed E-state index contributed by atoms with van der Waals surface area (Å²) in [6, 6.07) is 8.67. The minimum absolute atomic E-state index is 0.0359. The molecule has 1 aromatic carbocycles.